The average Bonchev–Trinajstić information content (AvgIpc) is 3.36. The van der Waals surface area contributed by atoms with Crippen molar-refractivity contribution in [3.63, 3.8) is 0 Å². The fourth-order valence-corrected chi connectivity index (χ4v) is 4.57. The first-order valence-electron chi connectivity index (χ1n) is 9.65. The van der Waals surface area contributed by atoms with Crippen molar-refractivity contribution in [3.05, 3.63) is 47.6 Å². The first-order chi connectivity index (χ1) is 12.3. The van der Waals surface area contributed by atoms with Gasteiger partial charge in [-0.1, -0.05) is 49.3 Å². The Hall–Kier alpha value is -1.72. The van der Waals surface area contributed by atoms with Crippen LogP contribution in [0.4, 0.5) is 0 Å². The third-order valence-corrected chi connectivity index (χ3v) is 5.94. The third-order valence-electron chi connectivity index (χ3n) is 5.94. The van der Waals surface area contributed by atoms with Gasteiger partial charge < -0.3 is 4.52 Å². The van der Waals surface area contributed by atoms with Gasteiger partial charge in [0.2, 0.25) is 5.89 Å². The molecule has 134 valence electrons. The molecule has 2 aliphatic heterocycles. The normalized spacial score (nSPS) is 26.4. The van der Waals surface area contributed by atoms with Gasteiger partial charge in [0.05, 0.1) is 6.54 Å². The number of fused-ring (bicyclic) bond motifs is 1. The molecule has 2 fully saturated rings. The molecule has 2 aromatic rings. The molecule has 1 aromatic carbocycles. The van der Waals surface area contributed by atoms with E-state index in [4.69, 9.17) is 9.51 Å². The highest BCUT2D eigenvalue weighted by Crippen LogP contribution is 2.48. The zero-order valence-corrected chi connectivity index (χ0v) is 15.3. The molecule has 25 heavy (non-hydrogen) atoms. The van der Waals surface area contributed by atoms with Crippen LogP contribution in [-0.4, -0.2) is 45.6 Å². The molecule has 1 aromatic heterocycles. The smallest absolute Gasteiger partial charge is 0.240 e. The minimum absolute atomic E-state index is 0.391. The number of nitrogens with zero attached hydrogens (tertiary/aromatic N) is 4. The zero-order chi connectivity index (χ0) is 17.2. The number of benzene rings is 1. The van der Waals surface area contributed by atoms with E-state index in [1.54, 1.807) is 0 Å². The fraction of sp³-hybridized carbons (Fsp3) is 0.600. The van der Waals surface area contributed by atoms with Gasteiger partial charge in [-0.05, 0) is 44.5 Å². The highest BCUT2D eigenvalue weighted by atomic mass is 16.5. The molecule has 0 spiro atoms. The van der Waals surface area contributed by atoms with Crippen molar-refractivity contribution in [2.24, 2.45) is 0 Å². The summed E-state index contributed by atoms with van der Waals surface area (Å²) in [4.78, 5) is 9.74. The lowest BCUT2D eigenvalue weighted by Gasteiger charge is -2.24. The molecule has 0 radical (unpaired) electrons. The highest BCUT2D eigenvalue weighted by molar-refractivity contribution is 5.24. The third kappa shape index (κ3) is 3.23. The molecule has 0 unspecified atom stereocenters. The molecule has 0 bridgehead atoms. The van der Waals surface area contributed by atoms with Gasteiger partial charge in [-0.15, -0.1) is 0 Å². The highest BCUT2D eigenvalue weighted by Gasteiger charge is 2.46. The minimum Gasteiger partial charge on any atom is -0.338 e. The van der Waals surface area contributed by atoms with Crippen molar-refractivity contribution in [2.75, 3.05) is 19.6 Å². The molecule has 4 rings (SSSR count). The Morgan fingerprint density at radius 3 is 2.76 bits per heavy atom. The van der Waals surface area contributed by atoms with E-state index in [1.807, 2.05) is 0 Å². The maximum atomic E-state index is 5.58. The second-order valence-electron chi connectivity index (χ2n) is 7.22. The van der Waals surface area contributed by atoms with Crippen LogP contribution < -0.4 is 0 Å². The SMILES string of the molecule is CCN(CC)Cc1nc([C@@H]2C[C@H](c3ccccc3)N3CCC[C@@H]23)no1. The minimum atomic E-state index is 0.391. The lowest BCUT2D eigenvalue weighted by Crippen LogP contribution is -2.27. The van der Waals surface area contributed by atoms with Crippen LogP contribution in [0.25, 0.3) is 0 Å². The summed E-state index contributed by atoms with van der Waals surface area (Å²) >= 11 is 0. The van der Waals surface area contributed by atoms with Crippen molar-refractivity contribution >= 4 is 0 Å². The van der Waals surface area contributed by atoms with E-state index < -0.39 is 0 Å². The van der Waals surface area contributed by atoms with E-state index in [1.165, 1.54) is 24.9 Å². The van der Waals surface area contributed by atoms with Crippen LogP contribution in [0.2, 0.25) is 0 Å². The molecule has 2 aliphatic rings. The van der Waals surface area contributed by atoms with Gasteiger partial charge in [0, 0.05) is 18.0 Å². The summed E-state index contributed by atoms with van der Waals surface area (Å²) in [6.45, 7) is 8.28. The van der Waals surface area contributed by atoms with E-state index in [0.717, 1.165) is 37.8 Å². The summed E-state index contributed by atoms with van der Waals surface area (Å²) in [5, 5.41) is 4.37. The number of hydrogen-bond donors (Lipinski definition) is 0. The van der Waals surface area contributed by atoms with Gasteiger partial charge in [-0.3, -0.25) is 9.80 Å². The first-order valence-corrected chi connectivity index (χ1v) is 9.65. The molecule has 0 N–H and O–H groups in total. The van der Waals surface area contributed by atoms with Crippen LogP contribution in [0.1, 0.15) is 62.3 Å². The van der Waals surface area contributed by atoms with E-state index in [2.05, 4.69) is 59.1 Å². The molecule has 3 atom stereocenters. The number of aromatic nitrogens is 2. The van der Waals surface area contributed by atoms with Crippen LogP contribution in [-0.2, 0) is 6.54 Å². The Labute approximate surface area is 150 Å². The second-order valence-corrected chi connectivity index (χ2v) is 7.22. The molecular weight excluding hydrogens is 312 g/mol. The van der Waals surface area contributed by atoms with Crippen LogP contribution in [0.5, 0.6) is 0 Å². The summed E-state index contributed by atoms with van der Waals surface area (Å²) in [6, 6.07) is 11.9. The number of hydrogen-bond acceptors (Lipinski definition) is 5. The van der Waals surface area contributed by atoms with E-state index >= 15 is 0 Å². The summed E-state index contributed by atoms with van der Waals surface area (Å²) in [5.74, 6) is 2.06. The van der Waals surface area contributed by atoms with Crippen LogP contribution >= 0.6 is 0 Å². The molecule has 0 saturated carbocycles. The summed E-state index contributed by atoms with van der Waals surface area (Å²) in [5.41, 5.74) is 1.42. The molecule has 5 nitrogen and oxygen atoms in total. The Kier molecular flexibility index (Phi) is 4.86. The molecule has 3 heterocycles. The van der Waals surface area contributed by atoms with Gasteiger partial charge >= 0.3 is 0 Å². The van der Waals surface area contributed by atoms with Crippen LogP contribution in [0.15, 0.2) is 34.9 Å². The largest absolute Gasteiger partial charge is 0.338 e. The van der Waals surface area contributed by atoms with Gasteiger partial charge in [-0.2, -0.15) is 4.98 Å². The molecule has 5 heteroatoms. The molecule has 0 aliphatic carbocycles. The maximum Gasteiger partial charge on any atom is 0.240 e. The topological polar surface area (TPSA) is 45.4 Å². The van der Waals surface area contributed by atoms with Gasteiger partial charge in [-0.25, -0.2) is 0 Å². The fourth-order valence-electron chi connectivity index (χ4n) is 4.57. The first kappa shape index (κ1) is 16.7. The molecular formula is C20H28N4O. The zero-order valence-electron chi connectivity index (χ0n) is 15.3. The Bertz CT molecular complexity index is 682. The van der Waals surface area contributed by atoms with Gasteiger partial charge in [0.15, 0.2) is 5.82 Å². The van der Waals surface area contributed by atoms with Crippen molar-refractivity contribution in [1.29, 1.82) is 0 Å². The predicted molar refractivity (Wildman–Crippen MR) is 97.2 cm³/mol. The Morgan fingerprint density at radius 2 is 2.00 bits per heavy atom. The van der Waals surface area contributed by atoms with Crippen molar-refractivity contribution in [3.8, 4) is 0 Å². The predicted octanol–water partition coefficient (Wildman–Crippen LogP) is 3.60. The molecule has 2 saturated heterocycles. The van der Waals surface area contributed by atoms with Crippen LogP contribution in [0, 0.1) is 0 Å². The lowest BCUT2D eigenvalue weighted by molar-refractivity contribution is 0.241. The number of rotatable bonds is 6. The Balaban J connectivity index is 1.54. The molecule has 0 amide bonds. The monoisotopic (exact) mass is 340 g/mol. The maximum absolute atomic E-state index is 5.58. The van der Waals surface area contributed by atoms with E-state index in [0.29, 0.717) is 18.0 Å². The summed E-state index contributed by atoms with van der Waals surface area (Å²) in [6.07, 6.45) is 3.61. The van der Waals surface area contributed by atoms with Crippen molar-refractivity contribution in [1.82, 2.24) is 19.9 Å². The van der Waals surface area contributed by atoms with Gasteiger partial charge in [0.1, 0.15) is 0 Å². The summed E-state index contributed by atoms with van der Waals surface area (Å²) in [7, 11) is 0. The average molecular weight is 340 g/mol. The van der Waals surface area contributed by atoms with E-state index in [-0.39, 0.29) is 0 Å². The quantitative estimate of drug-likeness (QED) is 0.804. The standard InChI is InChI=1S/C20H28N4O/c1-3-23(4-2)14-19-21-20(22-25-19)16-13-18(15-9-6-5-7-10-15)24-12-8-11-17(16)24/h5-7,9-10,16-18H,3-4,8,11-14H2,1-2H3/t16-,17+,18-/m1/s1. The van der Waals surface area contributed by atoms with E-state index in [9.17, 15) is 0 Å². The van der Waals surface area contributed by atoms with Crippen LogP contribution in [0.3, 0.4) is 0 Å². The van der Waals surface area contributed by atoms with Gasteiger partial charge in [0.25, 0.3) is 0 Å². The van der Waals surface area contributed by atoms with Crippen molar-refractivity contribution in [2.45, 2.75) is 57.7 Å². The Morgan fingerprint density at radius 1 is 1.20 bits per heavy atom. The lowest BCUT2D eigenvalue weighted by atomic mass is 9.94. The van der Waals surface area contributed by atoms with Crippen molar-refractivity contribution < 1.29 is 4.52 Å². The second kappa shape index (κ2) is 7.26. The summed E-state index contributed by atoms with van der Waals surface area (Å²) < 4.78 is 5.58.